The highest BCUT2D eigenvalue weighted by Crippen LogP contribution is 2.62. The first-order valence-electron chi connectivity index (χ1n) is 12.4. The Morgan fingerprint density at radius 2 is 2.00 bits per heavy atom. The summed E-state index contributed by atoms with van der Waals surface area (Å²) in [6, 6.07) is 5.70. The fourth-order valence-corrected chi connectivity index (χ4v) is 7.03. The first-order chi connectivity index (χ1) is 16.3. The van der Waals surface area contributed by atoms with Crippen LogP contribution in [0.4, 0.5) is 0 Å². The zero-order chi connectivity index (χ0) is 23.9. The lowest BCUT2D eigenvalue weighted by Gasteiger charge is -2.62. The van der Waals surface area contributed by atoms with Crippen LogP contribution in [-0.2, 0) is 25.5 Å². The van der Waals surface area contributed by atoms with Gasteiger partial charge in [0.15, 0.2) is 17.8 Å². The van der Waals surface area contributed by atoms with Gasteiger partial charge < -0.3 is 34.1 Å². The minimum atomic E-state index is -0.482. The average molecular weight is 476 g/mol. The van der Waals surface area contributed by atoms with Gasteiger partial charge in [-0.2, -0.15) is 0 Å². The molecule has 0 bridgehead atoms. The van der Waals surface area contributed by atoms with Crippen LogP contribution in [0.1, 0.15) is 51.5 Å². The van der Waals surface area contributed by atoms with Crippen LogP contribution in [0.25, 0.3) is 0 Å². The smallest absolute Gasteiger partial charge is 0.231 e. The van der Waals surface area contributed by atoms with Crippen LogP contribution in [0.5, 0.6) is 11.5 Å². The van der Waals surface area contributed by atoms with Crippen LogP contribution in [0.15, 0.2) is 18.2 Å². The second-order valence-corrected chi connectivity index (χ2v) is 10.8. The van der Waals surface area contributed by atoms with Gasteiger partial charge in [0, 0.05) is 25.5 Å². The van der Waals surface area contributed by atoms with Crippen LogP contribution in [0.2, 0.25) is 0 Å². The van der Waals surface area contributed by atoms with Gasteiger partial charge in [0.05, 0.1) is 25.4 Å². The van der Waals surface area contributed by atoms with Gasteiger partial charge >= 0.3 is 0 Å². The first-order valence-corrected chi connectivity index (χ1v) is 12.4. The standard InChI is InChI=1S/C26H37NO7/c1-25-9-8-22-26(2,14-31-24(34-22)13-30-3)21(25)7-5-18(28)17(25)11-23(29)27-12-16-4-6-19-20(10-16)33-15-32-19/h4,6,10,17-18,21-22,24,28H,5,7-9,11-15H2,1-3H3,(H,27,29). The maximum Gasteiger partial charge on any atom is 0.231 e. The predicted molar refractivity (Wildman–Crippen MR) is 123 cm³/mol. The van der Waals surface area contributed by atoms with E-state index in [1.165, 1.54) is 0 Å². The zero-order valence-corrected chi connectivity index (χ0v) is 20.4. The molecule has 34 heavy (non-hydrogen) atoms. The lowest BCUT2D eigenvalue weighted by Crippen LogP contribution is -2.63. The van der Waals surface area contributed by atoms with E-state index in [4.69, 9.17) is 23.7 Å². The van der Waals surface area contributed by atoms with E-state index in [2.05, 4.69) is 19.2 Å². The van der Waals surface area contributed by atoms with Gasteiger partial charge in [-0.15, -0.1) is 0 Å². The summed E-state index contributed by atoms with van der Waals surface area (Å²) < 4.78 is 28.3. The first kappa shape index (κ1) is 23.9. The van der Waals surface area contributed by atoms with Crippen molar-refractivity contribution in [1.29, 1.82) is 0 Å². The Kier molecular flexibility index (Phi) is 6.52. The normalized spacial score (nSPS) is 38.6. The molecule has 1 aromatic carbocycles. The Morgan fingerprint density at radius 1 is 1.18 bits per heavy atom. The van der Waals surface area contributed by atoms with Crippen molar-refractivity contribution < 1.29 is 33.6 Å². The van der Waals surface area contributed by atoms with Crippen molar-refractivity contribution in [3.05, 3.63) is 23.8 Å². The van der Waals surface area contributed by atoms with Crippen molar-refractivity contribution in [2.75, 3.05) is 27.1 Å². The van der Waals surface area contributed by atoms with E-state index in [0.717, 1.165) is 30.6 Å². The molecule has 2 saturated carbocycles. The number of fused-ring (bicyclic) bond motifs is 4. The van der Waals surface area contributed by atoms with Gasteiger partial charge in [-0.25, -0.2) is 0 Å². The van der Waals surface area contributed by atoms with Gasteiger partial charge in [-0.1, -0.05) is 19.9 Å². The number of methoxy groups -OCH3 is 1. The molecule has 2 aliphatic carbocycles. The van der Waals surface area contributed by atoms with E-state index >= 15 is 0 Å². The Morgan fingerprint density at radius 3 is 2.82 bits per heavy atom. The minimum absolute atomic E-state index is 0.0350. The Hall–Kier alpha value is -1.87. The second kappa shape index (κ2) is 9.30. The zero-order valence-electron chi connectivity index (χ0n) is 20.4. The van der Waals surface area contributed by atoms with E-state index in [9.17, 15) is 9.90 Å². The third kappa shape index (κ3) is 4.19. The topological polar surface area (TPSA) is 95.5 Å². The number of hydrogen-bond acceptors (Lipinski definition) is 7. The Balaban J connectivity index is 1.25. The molecule has 1 saturated heterocycles. The third-order valence-corrected chi connectivity index (χ3v) is 8.87. The lowest BCUT2D eigenvalue weighted by atomic mass is 9.46. The monoisotopic (exact) mass is 475 g/mol. The van der Waals surface area contributed by atoms with E-state index in [-0.39, 0.29) is 41.8 Å². The van der Waals surface area contributed by atoms with Crippen molar-refractivity contribution in [2.24, 2.45) is 22.7 Å². The Labute approximate surface area is 201 Å². The fourth-order valence-electron chi connectivity index (χ4n) is 7.03. The van der Waals surface area contributed by atoms with E-state index in [1.54, 1.807) is 7.11 Å². The molecule has 8 heteroatoms. The quantitative estimate of drug-likeness (QED) is 0.653. The second-order valence-electron chi connectivity index (χ2n) is 10.8. The van der Waals surface area contributed by atoms with Gasteiger partial charge in [0.1, 0.15) is 0 Å². The number of amides is 1. The minimum Gasteiger partial charge on any atom is -0.454 e. The molecular formula is C26H37NO7. The largest absolute Gasteiger partial charge is 0.454 e. The summed E-state index contributed by atoms with van der Waals surface area (Å²) in [7, 11) is 1.66. The highest BCUT2D eigenvalue weighted by Gasteiger charge is 2.61. The molecule has 188 valence electrons. The maximum atomic E-state index is 13.0. The number of carbonyl (C=O) groups excluding carboxylic acids is 1. The van der Waals surface area contributed by atoms with Crippen LogP contribution < -0.4 is 14.8 Å². The van der Waals surface area contributed by atoms with Gasteiger partial charge in [-0.05, 0) is 60.6 Å². The van der Waals surface area contributed by atoms with Crippen LogP contribution >= 0.6 is 0 Å². The maximum absolute atomic E-state index is 13.0. The summed E-state index contributed by atoms with van der Waals surface area (Å²) in [4.78, 5) is 13.0. The summed E-state index contributed by atoms with van der Waals surface area (Å²) in [5.74, 6) is 1.62. The number of rotatable bonds is 6. The highest BCUT2D eigenvalue weighted by molar-refractivity contribution is 5.76. The molecule has 1 amide bonds. The molecule has 2 aliphatic heterocycles. The number of aliphatic hydroxyl groups excluding tert-OH is 1. The van der Waals surface area contributed by atoms with Gasteiger partial charge in [-0.3, -0.25) is 4.79 Å². The molecule has 5 rings (SSSR count). The van der Waals surface area contributed by atoms with Gasteiger partial charge in [0.25, 0.3) is 0 Å². The predicted octanol–water partition coefficient (Wildman–Crippen LogP) is 3.00. The number of ether oxygens (including phenoxy) is 5. The van der Waals surface area contributed by atoms with E-state index in [1.807, 2.05) is 18.2 Å². The molecule has 0 aromatic heterocycles. The molecule has 0 spiro atoms. The SMILES string of the molecule is COCC1OCC2(C)C(CCC3(C)C(CC(=O)NCc4ccc5c(c4)OCO5)C(O)CCC23)O1. The average Bonchev–Trinajstić information content (AvgIpc) is 3.28. The van der Waals surface area contributed by atoms with E-state index in [0.29, 0.717) is 44.3 Å². The summed E-state index contributed by atoms with van der Waals surface area (Å²) in [6.45, 7) is 6.22. The van der Waals surface area contributed by atoms with Crippen molar-refractivity contribution in [3.63, 3.8) is 0 Å². The number of hydrogen-bond donors (Lipinski definition) is 2. The van der Waals surface area contributed by atoms with Crippen LogP contribution in [0, 0.1) is 22.7 Å². The number of nitrogens with one attached hydrogen (secondary N) is 1. The van der Waals surface area contributed by atoms with Crippen molar-refractivity contribution in [3.8, 4) is 11.5 Å². The van der Waals surface area contributed by atoms with Crippen LogP contribution in [-0.4, -0.2) is 56.6 Å². The number of carbonyl (C=O) groups is 1. The summed E-state index contributed by atoms with van der Waals surface area (Å²) in [5.41, 5.74) is 0.666. The molecule has 1 aromatic rings. The fraction of sp³-hybridized carbons (Fsp3) is 0.731. The summed E-state index contributed by atoms with van der Waals surface area (Å²) in [6.07, 6.45) is 3.06. The lowest BCUT2D eigenvalue weighted by molar-refractivity contribution is -0.315. The highest BCUT2D eigenvalue weighted by atomic mass is 16.7. The molecule has 7 unspecified atom stereocenters. The van der Waals surface area contributed by atoms with Crippen LogP contribution in [0.3, 0.4) is 0 Å². The molecular weight excluding hydrogens is 438 g/mol. The number of aliphatic hydroxyl groups is 1. The van der Waals surface area contributed by atoms with Crippen molar-refractivity contribution in [2.45, 2.75) is 71.0 Å². The van der Waals surface area contributed by atoms with Gasteiger partial charge in [0.2, 0.25) is 12.7 Å². The molecule has 2 N–H and O–H groups in total. The molecule has 4 aliphatic rings. The summed E-state index contributed by atoms with van der Waals surface area (Å²) >= 11 is 0. The molecule has 8 nitrogen and oxygen atoms in total. The molecule has 3 fully saturated rings. The van der Waals surface area contributed by atoms with Crippen molar-refractivity contribution >= 4 is 5.91 Å². The molecule has 2 heterocycles. The summed E-state index contributed by atoms with van der Waals surface area (Å²) in [5, 5.41) is 14.1. The number of benzene rings is 1. The van der Waals surface area contributed by atoms with Crippen molar-refractivity contribution in [1.82, 2.24) is 5.32 Å². The molecule has 7 atom stereocenters. The molecule has 0 radical (unpaired) electrons. The van der Waals surface area contributed by atoms with E-state index < -0.39 is 6.10 Å². The third-order valence-electron chi connectivity index (χ3n) is 8.87. The Bertz CT molecular complexity index is 909.